The van der Waals surface area contributed by atoms with Crippen molar-refractivity contribution in [1.29, 1.82) is 0 Å². The Morgan fingerprint density at radius 3 is 2.28 bits per heavy atom. The molecule has 0 unspecified atom stereocenters. The second kappa shape index (κ2) is 8.70. The number of benzene rings is 2. The van der Waals surface area contributed by atoms with Crippen LogP contribution >= 0.6 is 0 Å². The number of non-ortho nitro benzene ring substituents is 1. The molecule has 3 N–H and O–H groups in total. The minimum atomic E-state index is -0.839. The molecule has 9 nitrogen and oxygen atoms in total. The quantitative estimate of drug-likeness (QED) is 0.541. The SMILES string of the molecule is NC(=O)COc1ccc(NC(=O)C2(c3ccc([N+](=O)[O-])cc3)CCOCC2)cc1. The number of nitro groups is 1. The number of anilines is 1. The van der Waals surface area contributed by atoms with Crippen LogP contribution in [0.5, 0.6) is 5.75 Å². The monoisotopic (exact) mass is 399 g/mol. The zero-order valence-electron chi connectivity index (χ0n) is 15.6. The maximum atomic E-state index is 13.2. The van der Waals surface area contributed by atoms with E-state index in [1.165, 1.54) is 12.1 Å². The van der Waals surface area contributed by atoms with Crippen LogP contribution in [0.3, 0.4) is 0 Å². The van der Waals surface area contributed by atoms with Gasteiger partial charge < -0.3 is 20.5 Å². The van der Waals surface area contributed by atoms with Gasteiger partial charge in [0.1, 0.15) is 5.75 Å². The fourth-order valence-corrected chi connectivity index (χ4v) is 3.31. The van der Waals surface area contributed by atoms with Crippen LogP contribution in [-0.4, -0.2) is 36.6 Å². The molecule has 152 valence electrons. The number of primary amides is 1. The van der Waals surface area contributed by atoms with E-state index in [2.05, 4.69) is 5.32 Å². The molecule has 29 heavy (non-hydrogen) atoms. The van der Waals surface area contributed by atoms with Crippen molar-refractivity contribution in [2.24, 2.45) is 5.73 Å². The van der Waals surface area contributed by atoms with Crippen LogP contribution in [0.1, 0.15) is 18.4 Å². The zero-order chi connectivity index (χ0) is 20.9. The standard InChI is InChI=1S/C20H21N3O6/c21-18(24)13-29-17-7-3-15(4-8-17)22-19(25)20(9-11-28-12-10-20)14-1-5-16(6-2-14)23(26)27/h1-8H,9-13H2,(H2,21,24)(H,22,25). The summed E-state index contributed by atoms with van der Waals surface area (Å²) in [6.45, 7) is 0.615. The van der Waals surface area contributed by atoms with Gasteiger partial charge in [0.15, 0.2) is 6.61 Å². The summed E-state index contributed by atoms with van der Waals surface area (Å²) in [5.41, 5.74) is 5.46. The number of ether oxygens (including phenoxy) is 2. The summed E-state index contributed by atoms with van der Waals surface area (Å²) in [6, 6.07) is 12.7. The van der Waals surface area contributed by atoms with Gasteiger partial charge in [0.2, 0.25) is 5.91 Å². The zero-order valence-corrected chi connectivity index (χ0v) is 15.6. The largest absolute Gasteiger partial charge is 0.484 e. The van der Waals surface area contributed by atoms with Crippen LogP contribution in [-0.2, 0) is 19.7 Å². The molecule has 0 atom stereocenters. The Morgan fingerprint density at radius 2 is 1.72 bits per heavy atom. The third kappa shape index (κ3) is 4.69. The first-order valence-corrected chi connectivity index (χ1v) is 9.06. The van der Waals surface area contributed by atoms with Gasteiger partial charge in [0, 0.05) is 31.0 Å². The van der Waals surface area contributed by atoms with Crippen molar-refractivity contribution in [2.45, 2.75) is 18.3 Å². The molecule has 1 heterocycles. The van der Waals surface area contributed by atoms with Crippen molar-refractivity contribution >= 4 is 23.2 Å². The molecule has 2 aromatic rings. The molecule has 0 radical (unpaired) electrons. The fraction of sp³-hybridized carbons (Fsp3) is 0.300. The van der Waals surface area contributed by atoms with E-state index in [1.54, 1.807) is 36.4 Å². The minimum Gasteiger partial charge on any atom is -0.484 e. The highest BCUT2D eigenvalue weighted by molar-refractivity contribution is 5.99. The van der Waals surface area contributed by atoms with E-state index in [0.717, 1.165) is 0 Å². The average Bonchev–Trinajstić information content (AvgIpc) is 2.73. The highest BCUT2D eigenvalue weighted by Crippen LogP contribution is 2.37. The first-order valence-electron chi connectivity index (χ1n) is 9.06. The normalized spacial score (nSPS) is 15.3. The van der Waals surface area contributed by atoms with Gasteiger partial charge in [-0.15, -0.1) is 0 Å². The molecule has 1 aliphatic rings. The van der Waals surface area contributed by atoms with E-state index in [9.17, 15) is 19.7 Å². The molecule has 0 bridgehead atoms. The lowest BCUT2D eigenvalue weighted by atomic mass is 9.73. The molecule has 1 saturated heterocycles. The molecular weight excluding hydrogens is 378 g/mol. The lowest BCUT2D eigenvalue weighted by Crippen LogP contribution is -2.44. The van der Waals surface area contributed by atoms with Gasteiger partial charge >= 0.3 is 0 Å². The predicted octanol–water partition coefficient (Wildman–Crippen LogP) is 2.15. The number of nitrogens with zero attached hydrogens (tertiary/aromatic N) is 1. The number of nitrogens with two attached hydrogens (primary N) is 1. The van der Waals surface area contributed by atoms with Gasteiger partial charge in [0.05, 0.1) is 10.3 Å². The topological polar surface area (TPSA) is 134 Å². The van der Waals surface area contributed by atoms with Crippen LogP contribution in [0.15, 0.2) is 48.5 Å². The highest BCUT2D eigenvalue weighted by Gasteiger charge is 2.42. The molecule has 1 aliphatic heterocycles. The molecule has 3 rings (SSSR count). The minimum absolute atomic E-state index is 0.0251. The first-order chi connectivity index (χ1) is 13.9. The first kappa shape index (κ1) is 20.3. The summed E-state index contributed by atoms with van der Waals surface area (Å²) in [7, 11) is 0. The van der Waals surface area contributed by atoms with Gasteiger partial charge in [-0.05, 0) is 42.7 Å². The summed E-state index contributed by atoms with van der Waals surface area (Å²) < 4.78 is 10.6. The van der Waals surface area contributed by atoms with Crippen molar-refractivity contribution < 1.29 is 24.0 Å². The maximum absolute atomic E-state index is 13.2. The van der Waals surface area contributed by atoms with E-state index in [1.807, 2.05) is 0 Å². The molecule has 1 fully saturated rings. The molecule has 2 amide bonds. The number of nitrogens with one attached hydrogen (secondary N) is 1. The lowest BCUT2D eigenvalue weighted by molar-refractivity contribution is -0.384. The summed E-state index contributed by atoms with van der Waals surface area (Å²) in [4.78, 5) is 34.5. The average molecular weight is 399 g/mol. The molecule has 0 aliphatic carbocycles. The fourth-order valence-electron chi connectivity index (χ4n) is 3.31. The van der Waals surface area contributed by atoms with Crippen LogP contribution < -0.4 is 15.8 Å². The van der Waals surface area contributed by atoms with Gasteiger partial charge in [0.25, 0.3) is 11.6 Å². The third-order valence-corrected chi connectivity index (χ3v) is 4.90. The van der Waals surface area contributed by atoms with E-state index in [4.69, 9.17) is 15.2 Å². The van der Waals surface area contributed by atoms with Crippen molar-refractivity contribution in [3.63, 3.8) is 0 Å². The number of amides is 2. The summed E-state index contributed by atoms with van der Waals surface area (Å²) in [5, 5.41) is 13.8. The number of hydrogen-bond donors (Lipinski definition) is 2. The van der Waals surface area contributed by atoms with Crippen LogP contribution in [0, 0.1) is 10.1 Å². The smallest absolute Gasteiger partial charge is 0.269 e. The lowest BCUT2D eigenvalue weighted by Gasteiger charge is -2.36. The third-order valence-electron chi connectivity index (χ3n) is 4.90. The Bertz CT molecular complexity index is 889. The summed E-state index contributed by atoms with van der Waals surface area (Å²) >= 11 is 0. The van der Waals surface area contributed by atoms with E-state index in [-0.39, 0.29) is 18.2 Å². The Balaban J connectivity index is 1.79. The number of rotatable bonds is 7. The van der Waals surface area contributed by atoms with Crippen molar-refractivity contribution in [3.8, 4) is 5.75 Å². The van der Waals surface area contributed by atoms with E-state index >= 15 is 0 Å². The second-order valence-electron chi connectivity index (χ2n) is 6.73. The number of carbonyl (C=O) groups excluding carboxylic acids is 2. The second-order valence-corrected chi connectivity index (χ2v) is 6.73. The Kier molecular flexibility index (Phi) is 6.08. The maximum Gasteiger partial charge on any atom is 0.269 e. The van der Waals surface area contributed by atoms with Crippen molar-refractivity contribution in [2.75, 3.05) is 25.1 Å². The Morgan fingerprint density at radius 1 is 1.10 bits per heavy atom. The molecule has 2 aromatic carbocycles. The van der Waals surface area contributed by atoms with Gasteiger partial charge in [-0.3, -0.25) is 19.7 Å². The van der Waals surface area contributed by atoms with Gasteiger partial charge in [-0.25, -0.2) is 0 Å². The Labute approximate surface area is 166 Å². The highest BCUT2D eigenvalue weighted by atomic mass is 16.6. The molecule has 9 heteroatoms. The summed E-state index contributed by atoms with van der Waals surface area (Å²) in [6.07, 6.45) is 0.937. The van der Waals surface area contributed by atoms with Crippen LogP contribution in [0.4, 0.5) is 11.4 Å². The number of hydrogen-bond acceptors (Lipinski definition) is 6. The van der Waals surface area contributed by atoms with E-state index < -0.39 is 16.2 Å². The number of carbonyl (C=O) groups is 2. The molecule has 0 aromatic heterocycles. The van der Waals surface area contributed by atoms with Gasteiger partial charge in [-0.2, -0.15) is 0 Å². The molecule has 0 spiro atoms. The van der Waals surface area contributed by atoms with Crippen LogP contribution in [0.2, 0.25) is 0 Å². The predicted molar refractivity (Wildman–Crippen MR) is 105 cm³/mol. The van der Waals surface area contributed by atoms with Crippen LogP contribution in [0.25, 0.3) is 0 Å². The van der Waals surface area contributed by atoms with Gasteiger partial charge in [-0.1, -0.05) is 12.1 Å². The van der Waals surface area contributed by atoms with Crippen molar-refractivity contribution in [1.82, 2.24) is 0 Å². The number of nitro benzene ring substituents is 1. The Hall–Kier alpha value is -3.46. The van der Waals surface area contributed by atoms with Crippen molar-refractivity contribution in [3.05, 3.63) is 64.2 Å². The molecular formula is C20H21N3O6. The molecule has 0 saturated carbocycles. The van der Waals surface area contributed by atoms with E-state index in [0.29, 0.717) is 43.1 Å². The summed E-state index contributed by atoms with van der Waals surface area (Å²) in [5.74, 6) is -0.328.